The second kappa shape index (κ2) is 20.1. The fraction of sp³-hybridized carbons (Fsp3) is 0.927. The van der Waals surface area contributed by atoms with Gasteiger partial charge in [-0.25, -0.2) is 8.42 Å². The van der Waals surface area contributed by atoms with E-state index in [9.17, 15) is 68.8 Å². The number of carbonyl (C=O) groups is 1. The van der Waals surface area contributed by atoms with E-state index in [1.807, 2.05) is 6.92 Å². The van der Waals surface area contributed by atoms with Crippen molar-refractivity contribution in [3.63, 3.8) is 0 Å². The zero-order valence-electron chi connectivity index (χ0n) is 36.5. The smallest absolute Gasteiger partial charge is 0.748 e. The third-order valence-electron chi connectivity index (χ3n) is 15.8. The van der Waals surface area contributed by atoms with Crippen LogP contribution in [-0.2, 0) is 48.1 Å². The Morgan fingerprint density at radius 3 is 1.84 bits per heavy atom. The van der Waals surface area contributed by atoms with Crippen molar-refractivity contribution in [1.82, 2.24) is 0 Å². The van der Waals surface area contributed by atoms with Crippen LogP contribution in [0.2, 0.25) is 0 Å². The molecule has 2 bridgehead atoms. The minimum Gasteiger partial charge on any atom is -0.748 e. The van der Waals surface area contributed by atoms with E-state index in [-0.39, 0.29) is 65.3 Å². The molecule has 0 radical (unpaired) electrons. The molecule has 4 aliphatic carbocycles. The fourth-order valence-corrected chi connectivity index (χ4v) is 13.1. The van der Waals surface area contributed by atoms with E-state index in [2.05, 4.69) is 13.5 Å². The number of aliphatic hydroxyl groups is 10. The van der Waals surface area contributed by atoms with Gasteiger partial charge in [-0.1, -0.05) is 19.9 Å². The van der Waals surface area contributed by atoms with Crippen molar-refractivity contribution in [2.75, 3.05) is 32.2 Å². The Morgan fingerprint density at radius 1 is 0.734 bits per heavy atom. The maximum absolute atomic E-state index is 13.8. The van der Waals surface area contributed by atoms with Gasteiger partial charge in [0, 0.05) is 5.75 Å². The van der Waals surface area contributed by atoms with Crippen molar-refractivity contribution < 1.29 is 132 Å². The standard InChI is InChI=1S/C41H66O21S.Na/c1-19-14-40-10-6-23-38(2,8-4-9-39(23,3)37(52)56-12-5-13-63(53,54)55)24(40)7-11-41(19,18-40)62-36-33(61-35-30(50)28(48)26(46)21(16-43)58-35)31(51)32(22(17-44)59-36)60-34-29(49)27(47)25(45)20(15-42)57-34;/h20-36,42-51H,1,4-18H2,2-3H3,(H,53,54,55);/q;+1/p-1/t20-,21-,22-,23-,24-,25+,26+,27-,28-,29-,30-,31-,32+,33-,34-,35-,36-,38+,39+,40+,41-;/m0./s1. The second-order valence-electron chi connectivity index (χ2n) is 19.5. The third-order valence-corrected chi connectivity index (χ3v) is 16.6. The van der Waals surface area contributed by atoms with Crippen molar-refractivity contribution >= 4 is 16.1 Å². The summed E-state index contributed by atoms with van der Waals surface area (Å²) in [6, 6.07) is 0. The summed E-state index contributed by atoms with van der Waals surface area (Å²) >= 11 is 0. The van der Waals surface area contributed by atoms with Crippen LogP contribution in [0.1, 0.15) is 78.1 Å². The van der Waals surface area contributed by atoms with Gasteiger partial charge in [0.1, 0.15) is 73.2 Å². The van der Waals surface area contributed by atoms with Crippen LogP contribution in [0.25, 0.3) is 0 Å². The molecule has 0 aromatic carbocycles. The number of hydrogen-bond acceptors (Lipinski definition) is 21. The number of rotatable bonds is 14. The molecule has 0 unspecified atom stereocenters. The summed E-state index contributed by atoms with van der Waals surface area (Å²) in [7, 11) is -4.45. The van der Waals surface area contributed by atoms with Crippen LogP contribution in [0.15, 0.2) is 12.2 Å². The Balaban J connectivity index is 0.00000680. The Hall–Kier alpha value is -0.520. The Morgan fingerprint density at radius 2 is 1.28 bits per heavy atom. The van der Waals surface area contributed by atoms with E-state index in [1.165, 1.54) is 0 Å². The molecule has 7 rings (SSSR count). The summed E-state index contributed by atoms with van der Waals surface area (Å²) in [6.07, 6.45) is -20.0. The predicted octanol–water partition coefficient (Wildman–Crippen LogP) is -5.97. The molecule has 362 valence electrons. The summed E-state index contributed by atoms with van der Waals surface area (Å²) in [6.45, 7) is 6.07. The van der Waals surface area contributed by atoms with Gasteiger partial charge in [-0.15, -0.1) is 0 Å². The molecule has 4 saturated carbocycles. The average molecular weight is 949 g/mol. The molecule has 0 aromatic rings. The van der Waals surface area contributed by atoms with Crippen LogP contribution < -0.4 is 29.6 Å². The van der Waals surface area contributed by atoms with Gasteiger partial charge in [-0.2, -0.15) is 0 Å². The zero-order valence-corrected chi connectivity index (χ0v) is 39.3. The topological polar surface area (TPSA) is 341 Å². The van der Waals surface area contributed by atoms with Crippen LogP contribution in [0.5, 0.6) is 0 Å². The van der Waals surface area contributed by atoms with Crippen LogP contribution in [-0.4, -0.2) is 200 Å². The van der Waals surface area contributed by atoms with Crippen molar-refractivity contribution in [3.05, 3.63) is 12.2 Å². The average Bonchev–Trinajstić information content (AvgIpc) is 3.43. The number of ether oxygens (including phenoxy) is 7. The summed E-state index contributed by atoms with van der Waals surface area (Å²) in [5.41, 5.74) is -1.84. The molecular weight excluding hydrogens is 883 g/mol. The van der Waals surface area contributed by atoms with Crippen LogP contribution in [0.3, 0.4) is 0 Å². The minimum atomic E-state index is -4.45. The monoisotopic (exact) mass is 948 g/mol. The van der Waals surface area contributed by atoms with Gasteiger partial charge in [-0.05, 0) is 93.0 Å². The van der Waals surface area contributed by atoms with Crippen molar-refractivity contribution in [3.8, 4) is 0 Å². The first-order chi connectivity index (χ1) is 29.6. The summed E-state index contributed by atoms with van der Waals surface area (Å²) in [4.78, 5) is 13.8. The molecule has 64 heavy (non-hydrogen) atoms. The number of fused-ring (bicyclic) bond motifs is 3. The molecule has 1 spiro atoms. The predicted molar refractivity (Wildman–Crippen MR) is 209 cm³/mol. The van der Waals surface area contributed by atoms with E-state index < -0.39 is 145 Å². The van der Waals surface area contributed by atoms with Gasteiger partial charge < -0.3 is 88.8 Å². The van der Waals surface area contributed by atoms with E-state index in [4.69, 9.17) is 33.2 Å². The zero-order chi connectivity index (χ0) is 46.0. The Labute approximate surface area is 394 Å². The first-order valence-electron chi connectivity index (χ1n) is 21.9. The van der Waals surface area contributed by atoms with E-state index in [1.54, 1.807) is 0 Å². The van der Waals surface area contributed by atoms with Crippen molar-refractivity contribution in [2.24, 2.45) is 28.1 Å². The van der Waals surface area contributed by atoms with Crippen LogP contribution in [0.4, 0.5) is 0 Å². The van der Waals surface area contributed by atoms with Crippen LogP contribution in [0, 0.1) is 28.1 Å². The quantitative estimate of drug-likeness (QED) is 0.0194. The van der Waals surface area contributed by atoms with E-state index >= 15 is 0 Å². The molecule has 21 nitrogen and oxygen atoms in total. The van der Waals surface area contributed by atoms with Gasteiger partial charge >= 0.3 is 35.5 Å². The molecule has 7 aliphatic rings. The normalized spacial score (nSPS) is 49.3. The molecule has 3 aliphatic heterocycles. The van der Waals surface area contributed by atoms with Gasteiger partial charge in [0.15, 0.2) is 18.9 Å². The number of carbonyl (C=O) groups excluding carboxylic acids is 1. The summed E-state index contributed by atoms with van der Waals surface area (Å²) in [5.74, 6) is -0.989. The van der Waals surface area contributed by atoms with Crippen LogP contribution >= 0.6 is 0 Å². The van der Waals surface area contributed by atoms with E-state index in [0.29, 0.717) is 44.9 Å². The van der Waals surface area contributed by atoms with Gasteiger partial charge in [0.2, 0.25) is 0 Å². The molecule has 0 amide bonds. The number of aliphatic hydroxyl groups excluding tert-OH is 10. The Bertz CT molecular complexity index is 1760. The maximum Gasteiger partial charge on any atom is 1.00 e. The minimum absolute atomic E-state index is 0. The number of esters is 1. The Kier molecular flexibility index (Phi) is 16.6. The second-order valence-corrected chi connectivity index (χ2v) is 21.0. The molecule has 3 heterocycles. The van der Waals surface area contributed by atoms with E-state index in [0.717, 1.165) is 18.4 Å². The van der Waals surface area contributed by atoms with Gasteiger partial charge in [0.05, 0.1) is 47.6 Å². The molecule has 23 heteroatoms. The third kappa shape index (κ3) is 9.55. The summed E-state index contributed by atoms with van der Waals surface area (Å²) < 4.78 is 75.4. The summed E-state index contributed by atoms with van der Waals surface area (Å²) in [5, 5.41) is 106. The van der Waals surface area contributed by atoms with Crippen molar-refractivity contribution in [1.29, 1.82) is 0 Å². The molecule has 3 saturated heterocycles. The maximum atomic E-state index is 13.8. The first-order valence-corrected chi connectivity index (χ1v) is 23.5. The SMILES string of the molecule is C=C1C[C@@]23CC[C@H]4[C@@](C)(CCC[C@@]4(C)C(=O)OCCCS(=O)(=O)[O-])[C@@H]2CC[C@]1(O[C@@H]1O[C@@H](CO)[C@@H](O[C@@H]2O[C@@H](CO)[C@@H](O)[C@H](O)[C@@H]2O)[C@H](O)[C@@H]1O[C@@H]1O[C@@H](CO)[C@@H](O)[C@H](O)[C@@H]1O)C3.[Na+]. The molecule has 7 fully saturated rings. The molecule has 0 aromatic heterocycles. The number of hydrogen-bond donors (Lipinski definition) is 10. The van der Waals surface area contributed by atoms with Gasteiger partial charge in [0.25, 0.3) is 0 Å². The first kappa shape index (κ1) is 52.8. The van der Waals surface area contributed by atoms with Crippen molar-refractivity contribution in [2.45, 2.75) is 176 Å². The molecular formula is C41H65NaO21S. The molecule has 10 N–H and O–H groups in total. The largest absolute Gasteiger partial charge is 1.00 e. The molecule has 21 atom stereocenters. The fourth-order valence-electron chi connectivity index (χ4n) is 12.7. The van der Waals surface area contributed by atoms with Gasteiger partial charge in [-0.3, -0.25) is 4.79 Å².